The van der Waals surface area contributed by atoms with Gasteiger partial charge in [0.2, 0.25) is 5.89 Å². The first-order valence-corrected chi connectivity index (χ1v) is 6.55. The molecule has 17 heavy (non-hydrogen) atoms. The molecule has 5 heteroatoms. The molecule has 5 nitrogen and oxygen atoms in total. The summed E-state index contributed by atoms with van der Waals surface area (Å²) in [6, 6.07) is 0.102. The van der Waals surface area contributed by atoms with Crippen LogP contribution in [0.25, 0.3) is 0 Å². The van der Waals surface area contributed by atoms with E-state index in [4.69, 9.17) is 9.26 Å². The lowest BCUT2D eigenvalue weighted by Crippen LogP contribution is -2.35. The largest absolute Gasteiger partial charge is 0.378 e. The fraction of sp³-hybridized carbons (Fsp3) is 0.833. The summed E-state index contributed by atoms with van der Waals surface area (Å²) in [5.41, 5.74) is 0. The fourth-order valence-corrected chi connectivity index (χ4v) is 2.69. The van der Waals surface area contributed by atoms with Crippen molar-refractivity contribution in [3.8, 4) is 0 Å². The van der Waals surface area contributed by atoms with Gasteiger partial charge in [-0.05, 0) is 18.8 Å². The van der Waals surface area contributed by atoms with Crippen molar-refractivity contribution in [3.05, 3.63) is 11.7 Å². The molecular weight excluding hydrogens is 218 g/mol. The molecule has 1 atom stereocenters. The van der Waals surface area contributed by atoms with E-state index in [0.717, 1.165) is 37.2 Å². The third-order valence-corrected chi connectivity index (χ3v) is 3.66. The molecule has 1 aromatic heterocycles. The van der Waals surface area contributed by atoms with E-state index >= 15 is 0 Å². The summed E-state index contributed by atoms with van der Waals surface area (Å²) in [6.45, 7) is 2.27. The van der Waals surface area contributed by atoms with E-state index in [1.54, 1.807) is 0 Å². The second-order valence-electron chi connectivity index (χ2n) is 4.98. The summed E-state index contributed by atoms with van der Waals surface area (Å²) in [6.07, 6.45) is 6.26. The molecule has 3 rings (SSSR count). The molecule has 1 saturated carbocycles. The number of morpholine rings is 1. The van der Waals surface area contributed by atoms with Gasteiger partial charge in [0.1, 0.15) is 0 Å². The van der Waals surface area contributed by atoms with Gasteiger partial charge in [-0.3, -0.25) is 0 Å². The van der Waals surface area contributed by atoms with E-state index in [-0.39, 0.29) is 6.04 Å². The van der Waals surface area contributed by atoms with E-state index in [0.29, 0.717) is 6.61 Å². The van der Waals surface area contributed by atoms with E-state index < -0.39 is 0 Å². The van der Waals surface area contributed by atoms with Crippen LogP contribution in [0.5, 0.6) is 0 Å². The van der Waals surface area contributed by atoms with Gasteiger partial charge in [0.05, 0.1) is 19.3 Å². The molecule has 1 N–H and O–H groups in total. The minimum atomic E-state index is 0.102. The molecule has 1 aliphatic heterocycles. The molecule has 1 saturated heterocycles. The zero-order chi connectivity index (χ0) is 11.5. The monoisotopic (exact) mass is 237 g/mol. The van der Waals surface area contributed by atoms with Gasteiger partial charge in [0.15, 0.2) is 5.82 Å². The Hall–Kier alpha value is -0.940. The molecule has 94 valence electrons. The second kappa shape index (κ2) is 5.14. The van der Waals surface area contributed by atoms with Gasteiger partial charge < -0.3 is 14.6 Å². The van der Waals surface area contributed by atoms with Gasteiger partial charge in [-0.1, -0.05) is 18.0 Å². The summed E-state index contributed by atoms with van der Waals surface area (Å²) in [7, 11) is 0. The van der Waals surface area contributed by atoms with Crippen molar-refractivity contribution in [1.82, 2.24) is 15.5 Å². The van der Waals surface area contributed by atoms with Crippen LogP contribution in [0, 0.1) is 5.92 Å². The summed E-state index contributed by atoms with van der Waals surface area (Å²) in [5.74, 6) is 2.29. The van der Waals surface area contributed by atoms with Crippen LogP contribution >= 0.6 is 0 Å². The van der Waals surface area contributed by atoms with Crippen molar-refractivity contribution in [2.75, 3.05) is 19.8 Å². The van der Waals surface area contributed by atoms with Crippen molar-refractivity contribution < 1.29 is 9.26 Å². The Kier molecular flexibility index (Phi) is 3.38. The highest BCUT2D eigenvalue weighted by Gasteiger charge is 2.23. The van der Waals surface area contributed by atoms with E-state index in [1.807, 2.05) is 0 Å². The molecule has 0 radical (unpaired) electrons. The molecule has 0 bridgehead atoms. The standard InChI is InChI=1S/C12H19N3O2/c1-2-4-9(3-1)7-11-14-12(15-17-11)10-8-16-6-5-13-10/h9-10,13H,1-8H2. The maximum atomic E-state index is 5.40. The molecule has 2 heterocycles. The van der Waals surface area contributed by atoms with Gasteiger partial charge in [-0.2, -0.15) is 4.98 Å². The van der Waals surface area contributed by atoms with Gasteiger partial charge in [-0.15, -0.1) is 0 Å². The number of nitrogens with zero attached hydrogens (tertiary/aromatic N) is 2. The average molecular weight is 237 g/mol. The first-order valence-electron chi connectivity index (χ1n) is 6.55. The molecule has 1 aliphatic carbocycles. The highest BCUT2D eigenvalue weighted by Crippen LogP contribution is 2.27. The number of ether oxygens (including phenoxy) is 1. The van der Waals surface area contributed by atoms with Crippen LogP contribution in [0.2, 0.25) is 0 Å². The van der Waals surface area contributed by atoms with Crippen LogP contribution in [-0.2, 0) is 11.2 Å². The number of hydrogen-bond donors (Lipinski definition) is 1. The van der Waals surface area contributed by atoms with E-state index in [9.17, 15) is 0 Å². The number of hydrogen-bond acceptors (Lipinski definition) is 5. The Bertz CT molecular complexity index is 354. The molecule has 0 amide bonds. The SMILES string of the molecule is C1CCC(Cc2nc(C3COCCN3)no2)C1. The number of rotatable bonds is 3. The lowest BCUT2D eigenvalue weighted by molar-refractivity contribution is 0.0734. The minimum absolute atomic E-state index is 0.102. The van der Waals surface area contributed by atoms with Crippen LogP contribution in [0.4, 0.5) is 0 Å². The van der Waals surface area contributed by atoms with Crippen molar-refractivity contribution in [2.45, 2.75) is 38.1 Å². The Morgan fingerprint density at radius 3 is 2.94 bits per heavy atom. The van der Waals surface area contributed by atoms with Crippen molar-refractivity contribution in [1.29, 1.82) is 0 Å². The van der Waals surface area contributed by atoms with Crippen LogP contribution in [0.3, 0.4) is 0 Å². The van der Waals surface area contributed by atoms with Crippen molar-refractivity contribution >= 4 is 0 Å². The summed E-state index contributed by atoms with van der Waals surface area (Å²) in [5, 5.41) is 7.39. The zero-order valence-electron chi connectivity index (χ0n) is 10.0. The predicted molar refractivity (Wildman–Crippen MR) is 61.5 cm³/mol. The molecule has 1 aromatic rings. The summed E-state index contributed by atoms with van der Waals surface area (Å²) >= 11 is 0. The van der Waals surface area contributed by atoms with Crippen LogP contribution in [0.1, 0.15) is 43.4 Å². The molecule has 1 unspecified atom stereocenters. The first-order chi connectivity index (χ1) is 8.42. The van der Waals surface area contributed by atoms with Gasteiger partial charge >= 0.3 is 0 Å². The van der Waals surface area contributed by atoms with Gasteiger partial charge in [-0.25, -0.2) is 0 Å². The quantitative estimate of drug-likeness (QED) is 0.862. The lowest BCUT2D eigenvalue weighted by Gasteiger charge is -2.20. The predicted octanol–water partition coefficient (Wildman–Crippen LogP) is 1.46. The fourth-order valence-electron chi connectivity index (χ4n) is 2.69. The van der Waals surface area contributed by atoms with Gasteiger partial charge in [0, 0.05) is 13.0 Å². The smallest absolute Gasteiger partial charge is 0.226 e. The topological polar surface area (TPSA) is 60.2 Å². The van der Waals surface area contributed by atoms with Crippen LogP contribution in [0.15, 0.2) is 4.52 Å². The maximum absolute atomic E-state index is 5.40. The highest BCUT2D eigenvalue weighted by atomic mass is 16.5. The van der Waals surface area contributed by atoms with Gasteiger partial charge in [0.25, 0.3) is 0 Å². The van der Waals surface area contributed by atoms with Crippen LogP contribution < -0.4 is 5.32 Å². The van der Waals surface area contributed by atoms with Crippen LogP contribution in [-0.4, -0.2) is 29.9 Å². The average Bonchev–Trinajstić information content (AvgIpc) is 3.02. The third kappa shape index (κ3) is 2.66. The lowest BCUT2D eigenvalue weighted by atomic mass is 10.0. The Labute approximate surface area is 101 Å². The number of nitrogens with one attached hydrogen (secondary N) is 1. The third-order valence-electron chi connectivity index (χ3n) is 3.66. The summed E-state index contributed by atoms with van der Waals surface area (Å²) < 4.78 is 10.7. The molecule has 0 aromatic carbocycles. The second-order valence-corrected chi connectivity index (χ2v) is 4.98. The molecule has 2 fully saturated rings. The van der Waals surface area contributed by atoms with E-state index in [2.05, 4.69) is 15.5 Å². The van der Waals surface area contributed by atoms with E-state index in [1.165, 1.54) is 25.7 Å². The normalized spacial score (nSPS) is 26.5. The Morgan fingerprint density at radius 1 is 1.29 bits per heavy atom. The van der Waals surface area contributed by atoms with Crippen molar-refractivity contribution in [3.63, 3.8) is 0 Å². The minimum Gasteiger partial charge on any atom is -0.378 e. The highest BCUT2D eigenvalue weighted by molar-refractivity contribution is 4.96. The maximum Gasteiger partial charge on any atom is 0.226 e. The molecular formula is C12H19N3O2. The summed E-state index contributed by atoms with van der Waals surface area (Å²) in [4.78, 5) is 4.48. The number of aromatic nitrogens is 2. The first kappa shape index (κ1) is 11.2. The Balaban J connectivity index is 1.60. The Morgan fingerprint density at radius 2 is 2.18 bits per heavy atom. The van der Waals surface area contributed by atoms with Crippen molar-refractivity contribution in [2.24, 2.45) is 5.92 Å². The zero-order valence-corrected chi connectivity index (χ0v) is 10.0. The molecule has 2 aliphatic rings. The molecule has 0 spiro atoms.